The van der Waals surface area contributed by atoms with Gasteiger partial charge in [-0.3, -0.25) is 9.59 Å². The number of carbonyl (C=O) groups is 2. The van der Waals surface area contributed by atoms with Gasteiger partial charge in [-0.2, -0.15) is 0 Å². The van der Waals surface area contributed by atoms with Crippen molar-refractivity contribution in [1.29, 1.82) is 0 Å². The van der Waals surface area contributed by atoms with Crippen LogP contribution in [0.2, 0.25) is 0 Å². The standard InChI is InChI=1S/C29H38N6O2S/c1-5-19-11-22(13-31-26(19)30)32-27(36)29(37)35-15-17(2)6-8-24(35)20-7-9-25-23(12-20)33-28(38-25)21-10-18(3)14-34(4)16-21/h7,9,11-13,17-18,21,24H,5-6,8,10,14-16H2,1-4H3,(H2,30,31)(H,32,36)/t17-,18?,21?,24+/m0/s1. The van der Waals surface area contributed by atoms with Crippen LogP contribution in [-0.4, -0.2) is 58.3 Å². The topological polar surface area (TPSA) is 104 Å². The highest BCUT2D eigenvalue weighted by Crippen LogP contribution is 2.38. The molecule has 1 aromatic carbocycles. The number of benzene rings is 1. The molecular formula is C29H38N6O2S. The minimum Gasteiger partial charge on any atom is -0.383 e. The maximum atomic E-state index is 13.4. The Kier molecular flexibility index (Phi) is 7.68. The average Bonchev–Trinajstić information content (AvgIpc) is 3.32. The molecule has 9 heteroatoms. The molecule has 202 valence electrons. The van der Waals surface area contributed by atoms with Crippen LogP contribution in [0.5, 0.6) is 0 Å². The SMILES string of the molecule is CCc1cc(NC(=O)C(=O)N2C[C@@H](C)CC[C@@H]2c2ccc3sc(C4CC(C)CN(C)C4)nc3c2)cnc1N. The number of nitrogens with zero attached hydrogens (tertiary/aromatic N) is 4. The molecule has 5 rings (SSSR count). The number of piperidine rings is 2. The molecule has 2 unspecified atom stereocenters. The number of thiazole rings is 1. The Morgan fingerprint density at radius 3 is 2.71 bits per heavy atom. The van der Waals surface area contributed by atoms with E-state index in [1.807, 2.05) is 6.92 Å². The van der Waals surface area contributed by atoms with Gasteiger partial charge in [0.1, 0.15) is 5.82 Å². The zero-order valence-electron chi connectivity index (χ0n) is 22.7. The van der Waals surface area contributed by atoms with Gasteiger partial charge in [0, 0.05) is 25.6 Å². The Morgan fingerprint density at radius 1 is 1.13 bits per heavy atom. The minimum absolute atomic E-state index is 0.157. The van der Waals surface area contributed by atoms with Gasteiger partial charge in [-0.15, -0.1) is 11.3 Å². The maximum Gasteiger partial charge on any atom is 0.313 e. The molecule has 4 atom stereocenters. The van der Waals surface area contributed by atoms with E-state index in [1.165, 1.54) is 15.9 Å². The fourth-order valence-electron chi connectivity index (χ4n) is 6.05. The Hall–Kier alpha value is -3.04. The summed E-state index contributed by atoms with van der Waals surface area (Å²) in [5, 5.41) is 3.94. The van der Waals surface area contributed by atoms with Crippen LogP contribution in [0.25, 0.3) is 10.2 Å². The second-order valence-electron chi connectivity index (χ2n) is 11.3. The smallest absolute Gasteiger partial charge is 0.313 e. The van der Waals surface area contributed by atoms with Crippen LogP contribution in [-0.2, 0) is 16.0 Å². The first kappa shape index (κ1) is 26.6. The van der Waals surface area contributed by atoms with Crippen molar-refractivity contribution in [2.24, 2.45) is 11.8 Å². The van der Waals surface area contributed by atoms with Crippen molar-refractivity contribution in [3.05, 3.63) is 46.6 Å². The van der Waals surface area contributed by atoms with E-state index < -0.39 is 11.8 Å². The van der Waals surface area contributed by atoms with Crippen LogP contribution in [0.15, 0.2) is 30.5 Å². The molecule has 3 aromatic rings. The summed E-state index contributed by atoms with van der Waals surface area (Å²) >= 11 is 1.78. The number of carbonyl (C=O) groups excluding carboxylic acids is 2. The van der Waals surface area contributed by atoms with Gasteiger partial charge in [-0.25, -0.2) is 9.97 Å². The number of fused-ring (bicyclic) bond motifs is 1. The van der Waals surface area contributed by atoms with Gasteiger partial charge < -0.3 is 20.9 Å². The molecular weight excluding hydrogens is 496 g/mol. The van der Waals surface area contributed by atoms with E-state index in [4.69, 9.17) is 10.7 Å². The van der Waals surface area contributed by atoms with Crippen molar-refractivity contribution in [3.8, 4) is 0 Å². The van der Waals surface area contributed by atoms with Crippen LogP contribution in [0.3, 0.4) is 0 Å². The summed E-state index contributed by atoms with van der Waals surface area (Å²) in [6.45, 7) is 9.13. The van der Waals surface area contributed by atoms with Crippen molar-refractivity contribution in [2.45, 2.75) is 58.4 Å². The van der Waals surface area contributed by atoms with Crippen molar-refractivity contribution in [2.75, 3.05) is 37.7 Å². The third-order valence-electron chi connectivity index (χ3n) is 7.92. The molecule has 4 heterocycles. The summed E-state index contributed by atoms with van der Waals surface area (Å²) in [6, 6.07) is 7.99. The molecule has 8 nitrogen and oxygen atoms in total. The molecule has 2 aliphatic heterocycles. The van der Waals surface area contributed by atoms with Gasteiger partial charge in [-0.05, 0) is 73.9 Å². The van der Waals surface area contributed by atoms with Crippen LogP contribution >= 0.6 is 11.3 Å². The molecule has 0 spiro atoms. The molecule has 2 saturated heterocycles. The van der Waals surface area contributed by atoms with E-state index >= 15 is 0 Å². The molecule has 0 radical (unpaired) electrons. The number of hydrogen-bond acceptors (Lipinski definition) is 7. The van der Waals surface area contributed by atoms with Crippen molar-refractivity contribution < 1.29 is 9.59 Å². The second-order valence-corrected chi connectivity index (χ2v) is 12.3. The average molecular weight is 535 g/mol. The summed E-state index contributed by atoms with van der Waals surface area (Å²) in [4.78, 5) is 39.8. The summed E-state index contributed by atoms with van der Waals surface area (Å²) in [7, 11) is 2.19. The number of pyridine rings is 1. The summed E-state index contributed by atoms with van der Waals surface area (Å²) in [5.41, 5.74) is 9.24. The number of nitrogen functional groups attached to an aromatic ring is 1. The number of nitrogens with two attached hydrogens (primary N) is 1. The molecule has 0 saturated carbocycles. The predicted octanol–water partition coefficient (Wildman–Crippen LogP) is 4.83. The summed E-state index contributed by atoms with van der Waals surface area (Å²) < 4.78 is 1.17. The molecule has 3 N–H and O–H groups in total. The highest BCUT2D eigenvalue weighted by molar-refractivity contribution is 7.18. The van der Waals surface area contributed by atoms with Crippen LogP contribution in [0.4, 0.5) is 11.5 Å². The molecule has 0 aliphatic carbocycles. The summed E-state index contributed by atoms with van der Waals surface area (Å²) in [6.07, 6.45) is 5.17. The third-order valence-corrected chi connectivity index (χ3v) is 9.12. The second kappa shape index (κ2) is 11.0. The van der Waals surface area contributed by atoms with Crippen molar-refractivity contribution in [1.82, 2.24) is 19.8 Å². The number of anilines is 2. The zero-order valence-corrected chi connectivity index (χ0v) is 23.6. The lowest BCUT2D eigenvalue weighted by molar-refractivity contribution is -0.146. The lowest BCUT2D eigenvalue weighted by Gasteiger charge is -2.38. The fraction of sp³-hybridized carbons (Fsp3) is 0.517. The van der Waals surface area contributed by atoms with Crippen molar-refractivity contribution in [3.63, 3.8) is 0 Å². The van der Waals surface area contributed by atoms with Crippen LogP contribution < -0.4 is 11.1 Å². The molecule has 38 heavy (non-hydrogen) atoms. The highest BCUT2D eigenvalue weighted by Gasteiger charge is 2.35. The largest absolute Gasteiger partial charge is 0.383 e. The Balaban J connectivity index is 1.37. The first-order valence-corrected chi connectivity index (χ1v) is 14.5. The molecule has 2 fully saturated rings. The Morgan fingerprint density at radius 2 is 1.95 bits per heavy atom. The van der Waals surface area contributed by atoms with Crippen LogP contribution in [0, 0.1) is 11.8 Å². The molecule has 2 aliphatic rings. The first-order valence-electron chi connectivity index (χ1n) is 13.7. The van der Waals surface area contributed by atoms with Gasteiger partial charge in [0.25, 0.3) is 0 Å². The van der Waals surface area contributed by atoms with Gasteiger partial charge in [0.15, 0.2) is 0 Å². The van der Waals surface area contributed by atoms with Crippen LogP contribution in [0.1, 0.15) is 68.1 Å². The number of likely N-dealkylation sites (tertiary alicyclic amines) is 2. The fourth-order valence-corrected chi connectivity index (χ4v) is 7.10. The van der Waals surface area contributed by atoms with Gasteiger partial charge >= 0.3 is 11.8 Å². The number of likely N-dealkylation sites (N-methyl/N-ethyl adjacent to an activating group) is 1. The lowest BCUT2D eigenvalue weighted by Crippen LogP contribution is -2.46. The van der Waals surface area contributed by atoms with Gasteiger partial charge in [0.2, 0.25) is 0 Å². The molecule has 0 bridgehead atoms. The minimum atomic E-state index is -0.648. The van der Waals surface area contributed by atoms with E-state index in [-0.39, 0.29) is 6.04 Å². The molecule has 2 aromatic heterocycles. The maximum absolute atomic E-state index is 13.4. The van der Waals surface area contributed by atoms with Gasteiger partial charge in [-0.1, -0.05) is 26.8 Å². The summed E-state index contributed by atoms with van der Waals surface area (Å²) in [5.74, 6) is 0.715. The molecule has 2 amide bonds. The Labute approximate surface area is 228 Å². The first-order chi connectivity index (χ1) is 18.2. The Bertz CT molecular complexity index is 1330. The van der Waals surface area contributed by atoms with E-state index in [1.54, 1.807) is 22.3 Å². The van der Waals surface area contributed by atoms with Crippen molar-refractivity contribution >= 4 is 44.9 Å². The van der Waals surface area contributed by atoms with E-state index in [0.29, 0.717) is 42.2 Å². The van der Waals surface area contributed by atoms with E-state index in [2.05, 4.69) is 54.3 Å². The number of hydrogen-bond donors (Lipinski definition) is 2. The number of aryl methyl sites for hydroxylation is 1. The predicted molar refractivity (Wildman–Crippen MR) is 153 cm³/mol. The highest BCUT2D eigenvalue weighted by atomic mass is 32.1. The zero-order chi connectivity index (χ0) is 27.0. The number of aromatic nitrogens is 2. The third kappa shape index (κ3) is 5.54. The number of nitrogens with one attached hydrogen (secondary N) is 1. The number of rotatable bonds is 4. The van der Waals surface area contributed by atoms with Gasteiger partial charge in [0.05, 0.1) is 33.2 Å². The lowest BCUT2D eigenvalue weighted by atomic mass is 9.89. The monoisotopic (exact) mass is 534 g/mol. The quantitative estimate of drug-likeness (QED) is 0.465. The van der Waals surface area contributed by atoms with E-state index in [9.17, 15) is 9.59 Å². The number of amides is 2. The van der Waals surface area contributed by atoms with E-state index in [0.717, 1.165) is 49.0 Å². The normalized spacial score (nSPS) is 24.5.